The Hall–Kier alpha value is -3.56. The number of unbranched alkanes of at least 4 members (excludes halogenated alkanes) is 1. The van der Waals surface area contributed by atoms with Gasteiger partial charge < -0.3 is 19.3 Å². The highest BCUT2D eigenvalue weighted by Crippen LogP contribution is 2.31. The normalized spacial score (nSPS) is 16.4. The number of carbonyl (C=O) groups excluding carboxylic acids is 1. The standard InChI is InChI=1S/C32H38N4O4S/c37-31-12-10-25-9-11-26(23-29(25)36(31)24-40-32(38)35-15-2-1-3-16-35)39-21-5-4-14-33-17-19-34(20-18-33)28-7-6-8-30-27(28)13-22-41-30/h6-13,22-23H,1-5,14-21,24H2. The van der Waals surface area contributed by atoms with Gasteiger partial charge in [0, 0.05) is 67.2 Å². The van der Waals surface area contributed by atoms with Gasteiger partial charge in [-0.2, -0.15) is 0 Å². The smallest absolute Gasteiger partial charge is 0.411 e. The van der Waals surface area contributed by atoms with E-state index >= 15 is 0 Å². The molecule has 41 heavy (non-hydrogen) atoms. The largest absolute Gasteiger partial charge is 0.494 e. The molecule has 0 unspecified atom stereocenters. The van der Waals surface area contributed by atoms with Gasteiger partial charge in [0.2, 0.25) is 0 Å². The van der Waals surface area contributed by atoms with Gasteiger partial charge in [0.1, 0.15) is 5.75 Å². The lowest BCUT2D eigenvalue weighted by Crippen LogP contribution is -2.46. The summed E-state index contributed by atoms with van der Waals surface area (Å²) >= 11 is 1.81. The second-order valence-corrected chi connectivity index (χ2v) is 11.8. The van der Waals surface area contributed by atoms with Crippen molar-refractivity contribution in [1.82, 2.24) is 14.4 Å². The first-order valence-electron chi connectivity index (χ1n) is 14.8. The molecule has 2 aliphatic rings. The zero-order valence-corrected chi connectivity index (χ0v) is 24.3. The summed E-state index contributed by atoms with van der Waals surface area (Å²) in [6.07, 6.45) is 4.80. The van der Waals surface area contributed by atoms with Crippen LogP contribution < -0.4 is 15.2 Å². The molecule has 2 aliphatic heterocycles. The molecule has 4 aromatic rings. The van der Waals surface area contributed by atoms with Crippen molar-refractivity contribution >= 4 is 44.1 Å². The number of nitrogens with zero attached hydrogens (tertiary/aromatic N) is 4. The van der Waals surface area contributed by atoms with E-state index in [-0.39, 0.29) is 18.4 Å². The molecule has 0 spiro atoms. The number of piperidine rings is 1. The summed E-state index contributed by atoms with van der Waals surface area (Å²) in [4.78, 5) is 31.9. The predicted molar refractivity (Wildman–Crippen MR) is 165 cm³/mol. The molecule has 0 atom stereocenters. The maximum Gasteiger partial charge on any atom is 0.411 e. The van der Waals surface area contributed by atoms with Gasteiger partial charge in [0.25, 0.3) is 5.56 Å². The van der Waals surface area contributed by atoms with E-state index in [1.807, 2.05) is 18.2 Å². The van der Waals surface area contributed by atoms with Crippen LogP contribution in [0.2, 0.25) is 0 Å². The van der Waals surface area contributed by atoms with Crippen molar-refractivity contribution in [3.8, 4) is 5.75 Å². The Balaban J connectivity index is 0.968. The van der Waals surface area contributed by atoms with Gasteiger partial charge in [-0.15, -0.1) is 11.3 Å². The summed E-state index contributed by atoms with van der Waals surface area (Å²) < 4.78 is 14.4. The van der Waals surface area contributed by atoms with E-state index in [0.717, 1.165) is 76.0 Å². The number of thiophene rings is 1. The number of hydrogen-bond acceptors (Lipinski definition) is 7. The van der Waals surface area contributed by atoms with Crippen LogP contribution in [0, 0.1) is 0 Å². The number of ether oxygens (including phenoxy) is 2. The summed E-state index contributed by atoms with van der Waals surface area (Å²) in [5.41, 5.74) is 1.86. The van der Waals surface area contributed by atoms with E-state index in [1.54, 1.807) is 22.3 Å². The van der Waals surface area contributed by atoms with Gasteiger partial charge in [0.05, 0.1) is 12.1 Å². The number of fused-ring (bicyclic) bond motifs is 2. The average Bonchev–Trinajstić information content (AvgIpc) is 3.50. The molecule has 9 heteroatoms. The van der Waals surface area contributed by atoms with Crippen LogP contribution >= 0.6 is 11.3 Å². The Morgan fingerprint density at radius 2 is 1.71 bits per heavy atom. The minimum Gasteiger partial charge on any atom is -0.494 e. The van der Waals surface area contributed by atoms with Crippen molar-refractivity contribution in [1.29, 1.82) is 0 Å². The number of likely N-dealkylation sites (tertiary alicyclic amines) is 1. The molecule has 0 saturated carbocycles. The molecule has 0 radical (unpaired) electrons. The number of amides is 1. The molecule has 2 aromatic heterocycles. The Labute approximate surface area is 244 Å². The molecule has 6 rings (SSSR count). The summed E-state index contributed by atoms with van der Waals surface area (Å²) in [7, 11) is 0. The predicted octanol–water partition coefficient (Wildman–Crippen LogP) is 5.78. The number of piperazine rings is 1. The van der Waals surface area contributed by atoms with Crippen LogP contribution in [-0.4, -0.2) is 72.9 Å². The Morgan fingerprint density at radius 1 is 0.878 bits per heavy atom. The van der Waals surface area contributed by atoms with Crippen LogP contribution in [0.25, 0.3) is 21.0 Å². The second kappa shape index (κ2) is 13.0. The molecule has 2 aromatic carbocycles. The van der Waals surface area contributed by atoms with E-state index in [1.165, 1.54) is 26.4 Å². The third-order valence-electron chi connectivity index (χ3n) is 8.22. The van der Waals surface area contributed by atoms with Gasteiger partial charge in [-0.3, -0.25) is 14.3 Å². The molecular formula is C32H38N4O4S. The third-order valence-corrected chi connectivity index (χ3v) is 9.10. The number of hydrogen-bond donors (Lipinski definition) is 0. The number of carbonyl (C=O) groups is 1. The highest BCUT2D eigenvalue weighted by Gasteiger charge is 2.19. The topological polar surface area (TPSA) is 67.2 Å². The molecule has 0 bridgehead atoms. The minimum atomic E-state index is -0.359. The molecule has 216 valence electrons. The number of pyridine rings is 1. The van der Waals surface area contributed by atoms with E-state index in [2.05, 4.69) is 39.4 Å². The van der Waals surface area contributed by atoms with Crippen LogP contribution in [0.3, 0.4) is 0 Å². The number of benzene rings is 2. The summed E-state index contributed by atoms with van der Waals surface area (Å²) in [5.74, 6) is 0.718. The summed E-state index contributed by atoms with van der Waals surface area (Å²) in [6.45, 7) is 7.26. The molecule has 0 N–H and O–H groups in total. The van der Waals surface area contributed by atoms with Gasteiger partial charge in [-0.05, 0) is 85.8 Å². The fourth-order valence-electron chi connectivity index (χ4n) is 5.87. The second-order valence-electron chi connectivity index (χ2n) is 10.9. The lowest BCUT2D eigenvalue weighted by atomic mass is 10.1. The Bertz CT molecular complexity index is 1540. The summed E-state index contributed by atoms with van der Waals surface area (Å²) in [5, 5.41) is 4.45. The lowest BCUT2D eigenvalue weighted by Gasteiger charge is -2.36. The van der Waals surface area contributed by atoms with Crippen LogP contribution in [0.1, 0.15) is 32.1 Å². The molecule has 1 amide bonds. The van der Waals surface area contributed by atoms with Gasteiger partial charge in [0.15, 0.2) is 6.73 Å². The van der Waals surface area contributed by atoms with Crippen LogP contribution in [0.15, 0.2) is 64.8 Å². The van der Waals surface area contributed by atoms with Crippen LogP contribution in [0.4, 0.5) is 10.5 Å². The van der Waals surface area contributed by atoms with Gasteiger partial charge >= 0.3 is 6.09 Å². The first-order chi connectivity index (χ1) is 20.2. The third kappa shape index (κ3) is 6.52. The van der Waals surface area contributed by atoms with Crippen molar-refractivity contribution in [2.45, 2.75) is 38.8 Å². The minimum absolute atomic E-state index is 0.107. The van der Waals surface area contributed by atoms with E-state index in [0.29, 0.717) is 25.2 Å². The molecular weight excluding hydrogens is 536 g/mol. The molecule has 2 saturated heterocycles. The van der Waals surface area contributed by atoms with Crippen molar-refractivity contribution in [3.05, 3.63) is 70.3 Å². The monoisotopic (exact) mass is 574 g/mol. The van der Waals surface area contributed by atoms with Crippen LogP contribution in [0.5, 0.6) is 5.75 Å². The molecule has 8 nitrogen and oxygen atoms in total. The van der Waals surface area contributed by atoms with Crippen molar-refractivity contribution in [2.24, 2.45) is 0 Å². The lowest BCUT2D eigenvalue weighted by molar-refractivity contribution is 0.0704. The first kappa shape index (κ1) is 27.6. The zero-order valence-electron chi connectivity index (χ0n) is 23.5. The van der Waals surface area contributed by atoms with Gasteiger partial charge in [-0.25, -0.2) is 4.79 Å². The van der Waals surface area contributed by atoms with E-state index < -0.39 is 0 Å². The van der Waals surface area contributed by atoms with E-state index in [4.69, 9.17) is 9.47 Å². The zero-order chi connectivity index (χ0) is 28.0. The molecule has 0 aliphatic carbocycles. The highest BCUT2D eigenvalue weighted by atomic mass is 32.1. The quantitative estimate of drug-likeness (QED) is 0.236. The number of anilines is 1. The van der Waals surface area contributed by atoms with Gasteiger partial charge in [-0.1, -0.05) is 6.07 Å². The Kier molecular flexibility index (Phi) is 8.72. The maximum absolute atomic E-state index is 12.6. The summed E-state index contributed by atoms with van der Waals surface area (Å²) in [6, 6.07) is 17.9. The maximum atomic E-state index is 12.6. The van der Waals surface area contributed by atoms with Crippen molar-refractivity contribution < 1.29 is 14.3 Å². The Morgan fingerprint density at radius 3 is 2.56 bits per heavy atom. The van der Waals surface area contributed by atoms with Crippen molar-refractivity contribution in [3.63, 3.8) is 0 Å². The number of aromatic nitrogens is 1. The average molecular weight is 575 g/mol. The number of rotatable bonds is 9. The SMILES string of the molecule is O=C(OCn1c(=O)ccc2ccc(OCCCCN3CCN(c4cccc5sccc45)CC3)cc21)N1CCCCC1. The molecule has 2 fully saturated rings. The molecule has 4 heterocycles. The fourth-order valence-corrected chi connectivity index (χ4v) is 6.68. The first-order valence-corrected chi connectivity index (χ1v) is 15.7. The van der Waals surface area contributed by atoms with Crippen molar-refractivity contribution in [2.75, 3.05) is 57.3 Å². The fraction of sp³-hybridized carbons (Fsp3) is 0.438. The van der Waals surface area contributed by atoms with Crippen LogP contribution in [-0.2, 0) is 11.5 Å². The van der Waals surface area contributed by atoms with E-state index in [9.17, 15) is 9.59 Å². The highest BCUT2D eigenvalue weighted by molar-refractivity contribution is 7.17.